The molecule has 0 fully saturated rings. The van der Waals surface area contributed by atoms with E-state index in [0.717, 1.165) is 24.0 Å². The predicted molar refractivity (Wildman–Crippen MR) is 152 cm³/mol. The molecule has 2 atom stereocenters. The molecule has 1 aromatic heterocycles. The second-order valence-corrected chi connectivity index (χ2v) is 11.8. The van der Waals surface area contributed by atoms with Crippen LogP contribution >= 0.6 is 0 Å². The van der Waals surface area contributed by atoms with Gasteiger partial charge in [0.25, 0.3) is 10.0 Å². The van der Waals surface area contributed by atoms with Crippen LogP contribution in [0.3, 0.4) is 0 Å². The van der Waals surface area contributed by atoms with Crippen LogP contribution in [-0.4, -0.2) is 30.1 Å². The van der Waals surface area contributed by atoms with Crippen LogP contribution in [0.2, 0.25) is 0 Å². The number of nitrogens with zero attached hydrogens (tertiary/aromatic N) is 1. The van der Waals surface area contributed by atoms with Crippen LogP contribution in [0.25, 0.3) is 0 Å². The van der Waals surface area contributed by atoms with E-state index in [9.17, 15) is 18.3 Å². The van der Waals surface area contributed by atoms with Crippen LogP contribution < -0.4 is 4.72 Å². The molecule has 7 nitrogen and oxygen atoms in total. The summed E-state index contributed by atoms with van der Waals surface area (Å²) in [5.74, 6) is -0.912. The number of aliphatic hydroxyl groups is 1. The predicted octanol–water partition coefficient (Wildman–Crippen LogP) is 6.62. The minimum absolute atomic E-state index is 0.0504. The number of cyclic esters (lactones) is 1. The minimum atomic E-state index is -3.89. The summed E-state index contributed by atoms with van der Waals surface area (Å²) < 4.78 is 34.4. The number of esters is 1. The maximum absolute atomic E-state index is 13.4. The van der Waals surface area contributed by atoms with E-state index in [1.165, 1.54) is 12.3 Å². The number of pyridine rings is 1. The number of anilines is 1. The van der Waals surface area contributed by atoms with E-state index in [1.807, 2.05) is 45.0 Å². The summed E-state index contributed by atoms with van der Waals surface area (Å²) in [4.78, 5) is 17.5. The van der Waals surface area contributed by atoms with Crippen LogP contribution in [0.15, 0.2) is 89.3 Å². The molecule has 0 aliphatic carbocycles. The molecular weight excluding hydrogens is 512 g/mol. The highest BCUT2D eigenvalue weighted by atomic mass is 32.2. The van der Waals surface area contributed by atoms with Gasteiger partial charge in [0.05, 0.1) is 5.57 Å². The maximum Gasteiger partial charge on any atom is 0.338 e. The Hall–Kier alpha value is -3.65. The molecule has 3 aromatic rings. The zero-order valence-corrected chi connectivity index (χ0v) is 23.5. The summed E-state index contributed by atoms with van der Waals surface area (Å²) in [6, 6.07) is 20.1. The lowest BCUT2D eigenvalue weighted by Gasteiger charge is -2.38. The van der Waals surface area contributed by atoms with Crippen molar-refractivity contribution in [3.63, 3.8) is 0 Å². The number of nitrogens with one attached hydrogen (secondary N) is 1. The molecule has 8 heteroatoms. The van der Waals surface area contributed by atoms with Crippen molar-refractivity contribution in [2.45, 2.75) is 75.8 Å². The van der Waals surface area contributed by atoms with E-state index in [2.05, 4.69) is 21.8 Å². The van der Waals surface area contributed by atoms with Crippen molar-refractivity contribution in [3.8, 4) is 0 Å². The Morgan fingerprint density at radius 2 is 1.82 bits per heavy atom. The Kier molecular flexibility index (Phi) is 8.75. The fraction of sp³-hybridized carbons (Fsp3) is 0.355. The molecule has 2 N–H and O–H groups in total. The summed E-state index contributed by atoms with van der Waals surface area (Å²) >= 11 is 0. The van der Waals surface area contributed by atoms with E-state index in [-0.39, 0.29) is 22.8 Å². The monoisotopic (exact) mass is 548 g/mol. The number of ether oxygens (including phenoxy) is 1. The van der Waals surface area contributed by atoms with E-state index >= 15 is 0 Å². The molecule has 0 saturated heterocycles. The van der Waals surface area contributed by atoms with Gasteiger partial charge >= 0.3 is 5.97 Å². The third-order valence-corrected chi connectivity index (χ3v) is 8.50. The van der Waals surface area contributed by atoms with E-state index in [1.54, 1.807) is 24.3 Å². The van der Waals surface area contributed by atoms with Crippen molar-refractivity contribution in [1.82, 2.24) is 4.98 Å². The molecule has 0 spiro atoms. The number of hydrogen-bond acceptors (Lipinski definition) is 6. The lowest BCUT2D eigenvalue weighted by Crippen LogP contribution is -2.41. The third kappa shape index (κ3) is 6.68. The summed E-state index contributed by atoms with van der Waals surface area (Å²) in [5, 5.41) is 11.2. The van der Waals surface area contributed by atoms with Gasteiger partial charge in [0, 0.05) is 24.2 Å². The van der Waals surface area contributed by atoms with Crippen molar-refractivity contribution in [2.75, 3.05) is 4.72 Å². The number of sulfonamides is 1. The Labute approximate surface area is 231 Å². The quantitative estimate of drug-likeness (QED) is 0.261. The topological polar surface area (TPSA) is 106 Å². The van der Waals surface area contributed by atoms with Gasteiger partial charge in [-0.25, -0.2) is 9.78 Å². The van der Waals surface area contributed by atoms with Crippen LogP contribution in [-0.2, 0) is 26.0 Å². The lowest BCUT2D eigenvalue weighted by molar-refractivity contribution is -0.161. The molecule has 0 unspecified atom stereocenters. The third-order valence-electron chi connectivity index (χ3n) is 7.20. The highest BCUT2D eigenvalue weighted by Crippen LogP contribution is 2.42. The molecule has 1 aliphatic rings. The molecule has 206 valence electrons. The maximum atomic E-state index is 13.4. The van der Waals surface area contributed by atoms with Crippen molar-refractivity contribution < 1.29 is 23.1 Å². The number of hydrogen-bond donors (Lipinski definition) is 2. The lowest BCUT2D eigenvalue weighted by atomic mass is 9.80. The second-order valence-electron chi connectivity index (χ2n) is 10.2. The molecule has 0 saturated carbocycles. The number of carbonyl (C=O) groups is 1. The molecule has 2 aromatic carbocycles. The summed E-state index contributed by atoms with van der Waals surface area (Å²) in [6.07, 6.45) is 5.12. The van der Waals surface area contributed by atoms with E-state index in [0.29, 0.717) is 30.5 Å². The number of benzene rings is 2. The second kappa shape index (κ2) is 12.0. The molecule has 4 rings (SSSR count). The summed E-state index contributed by atoms with van der Waals surface area (Å²) in [7, 11) is -3.89. The van der Waals surface area contributed by atoms with Crippen molar-refractivity contribution in [2.24, 2.45) is 0 Å². The molecule has 0 radical (unpaired) electrons. The first-order valence-electron chi connectivity index (χ1n) is 13.4. The van der Waals surface area contributed by atoms with Crippen LogP contribution in [0.4, 0.5) is 5.69 Å². The number of carbonyl (C=O) groups excluding carboxylic acids is 1. The highest BCUT2D eigenvalue weighted by Gasteiger charge is 2.43. The van der Waals surface area contributed by atoms with Crippen LogP contribution in [0.1, 0.15) is 68.6 Å². The molecule has 1 aliphatic heterocycles. The Morgan fingerprint density at radius 3 is 2.46 bits per heavy atom. The average Bonchev–Trinajstić information content (AvgIpc) is 2.90. The molecule has 0 amide bonds. The fourth-order valence-electron chi connectivity index (χ4n) is 5.27. The van der Waals surface area contributed by atoms with Gasteiger partial charge < -0.3 is 9.84 Å². The molecular formula is C31H36N2O5S. The van der Waals surface area contributed by atoms with Crippen molar-refractivity contribution >= 4 is 21.7 Å². The number of aryl methyl sites for hydroxylation is 2. The SMILES string of the molecule is CCC[C@@]1(CCc2ccccc2)CC(O)=C([C@H](CC)c2cccc(NS(=O)(=O)c3ccc(C)cn3)c2)C(=O)O1. The zero-order chi connectivity index (χ0) is 28.0. The van der Waals surface area contributed by atoms with Crippen LogP contribution in [0, 0.1) is 6.92 Å². The number of aliphatic hydroxyl groups excluding tert-OH is 1. The van der Waals surface area contributed by atoms with Gasteiger partial charge in [0.1, 0.15) is 11.4 Å². The van der Waals surface area contributed by atoms with Gasteiger partial charge in [0.15, 0.2) is 5.03 Å². The summed E-state index contributed by atoms with van der Waals surface area (Å²) in [6.45, 7) is 5.80. The van der Waals surface area contributed by atoms with Gasteiger partial charge in [-0.1, -0.05) is 68.8 Å². The Morgan fingerprint density at radius 1 is 1.05 bits per heavy atom. The van der Waals surface area contributed by atoms with Gasteiger partial charge in [-0.05, 0) is 67.5 Å². The largest absolute Gasteiger partial charge is 0.512 e. The van der Waals surface area contributed by atoms with E-state index < -0.39 is 27.5 Å². The number of rotatable bonds is 11. The normalized spacial score (nSPS) is 18.5. The van der Waals surface area contributed by atoms with Gasteiger partial charge in [-0.3, -0.25) is 4.72 Å². The molecule has 0 bridgehead atoms. The first-order valence-corrected chi connectivity index (χ1v) is 14.9. The van der Waals surface area contributed by atoms with Crippen molar-refractivity contribution in [1.29, 1.82) is 0 Å². The van der Waals surface area contributed by atoms with Gasteiger partial charge in [-0.15, -0.1) is 0 Å². The molecule has 2 heterocycles. The number of aromatic nitrogens is 1. The Bertz CT molecular complexity index is 1440. The summed E-state index contributed by atoms with van der Waals surface area (Å²) in [5.41, 5.74) is 2.55. The zero-order valence-electron chi connectivity index (χ0n) is 22.7. The fourth-order valence-corrected chi connectivity index (χ4v) is 6.25. The average molecular weight is 549 g/mol. The van der Waals surface area contributed by atoms with Crippen molar-refractivity contribution in [3.05, 3.63) is 101 Å². The Balaban J connectivity index is 1.58. The first kappa shape index (κ1) is 28.4. The van der Waals surface area contributed by atoms with Gasteiger partial charge in [-0.2, -0.15) is 8.42 Å². The smallest absolute Gasteiger partial charge is 0.338 e. The minimum Gasteiger partial charge on any atom is -0.512 e. The highest BCUT2D eigenvalue weighted by molar-refractivity contribution is 7.92. The van der Waals surface area contributed by atoms with Crippen LogP contribution in [0.5, 0.6) is 0 Å². The first-order chi connectivity index (χ1) is 18.7. The van der Waals surface area contributed by atoms with E-state index in [4.69, 9.17) is 4.74 Å². The standard InChI is InChI=1S/C31H36N2O5S/c1-4-17-31(18-16-23-10-7-6-8-11-23)20-27(34)29(30(35)38-31)26(5-2)24-12-9-13-25(19-24)33-39(36,37)28-15-14-22(3)21-32-28/h6-15,19,21,26,33-34H,4-5,16-18,20H2,1-3H3/t26-,31-/m1/s1. The molecule has 39 heavy (non-hydrogen) atoms. The van der Waals surface area contributed by atoms with Gasteiger partial charge in [0.2, 0.25) is 0 Å².